The summed E-state index contributed by atoms with van der Waals surface area (Å²) in [4.78, 5) is 0. The second kappa shape index (κ2) is 4.59. The van der Waals surface area contributed by atoms with Crippen molar-refractivity contribution in [3.63, 3.8) is 0 Å². The molecule has 1 fully saturated rings. The highest BCUT2D eigenvalue weighted by Crippen LogP contribution is 2.63. The van der Waals surface area contributed by atoms with E-state index >= 15 is 0 Å². The molecule has 1 atom stereocenters. The van der Waals surface area contributed by atoms with Gasteiger partial charge in [0.2, 0.25) is 0 Å². The number of nitrogens with zero attached hydrogens (tertiary/aromatic N) is 1. The Kier molecular flexibility index (Phi) is 3.98. The van der Waals surface area contributed by atoms with Crippen LogP contribution in [0.1, 0.15) is 6.42 Å². The second-order valence-electron chi connectivity index (χ2n) is 4.60. The van der Waals surface area contributed by atoms with E-state index in [2.05, 4.69) is 0 Å². The molecule has 3 nitrogen and oxygen atoms in total. The van der Waals surface area contributed by atoms with Crippen molar-refractivity contribution in [1.82, 2.24) is 5.06 Å². The normalized spacial score (nSPS) is 25.4. The maximum Gasteiger partial charge on any atom is 0.454 e. The average Bonchev–Trinajstić information content (AvgIpc) is 2.53. The topological polar surface area (TPSA) is 49.5 Å². The highest BCUT2D eigenvalue weighted by atomic mass is 19.4. The number of rotatable bonds is 2. The molecule has 0 aromatic rings. The minimum absolute atomic E-state index is 0.598. The molecule has 1 saturated heterocycles. The van der Waals surface area contributed by atoms with E-state index in [1.807, 2.05) is 0 Å². The maximum absolute atomic E-state index is 13.4. The van der Waals surface area contributed by atoms with Crippen molar-refractivity contribution in [1.29, 1.82) is 0 Å². The number of alkyl halides is 10. The van der Waals surface area contributed by atoms with E-state index in [9.17, 15) is 43.9 Å². The molecule has 0 aromatic heterocycles. The molecule has 13 heteroatoms. The summed E-state index contributed by atoms with van der Waals surface area (Å²) in [5.74, 6) is -12.9. The molecule has 0 aromatic carbocycles. The van der Waals surface area contributed by atoms with E-state index in [0.717, 1.165) is 0 Å². The van der Waals surface area contributed by atoms with Crippen molar-refractivity contribution in [2.75, 3.05) is 6.54 Å². The summed E-state index contributed by atoms with van der Waals surface area (Å²) < 4.78 is 127. The van der Waals surface area contributed by atoms with Crippen LogP contribution in [0, 0.1) is 5.41 Å². The molecule has 0 radical (unpaired) electrons. The van der Waals surface area contributed by atoms with Gasteiger partial charge in [-0.25, -0.2) is 0 Å². The molecule has 3 N–H and O–H groups in total. The lowest BCUT2D eigenvalue weighted by atomic mass is 9.73. The number of hydrogen-bond donors (Lipinski definition) is 2. The molecule has 21 heavy (non-hydrogen) atoms. The van der Waals surface area contributed by atoms with Gasteiger partial charge in [-0.2, -0.15) is 49.0 Å². The third-order valence-corrected chi connectivity index (χ3v) is 3.29. The van der Waals surface area contributed by atoms with Gasteiger partial charge in [0.05, 0.1) is 6.17 Å². The molecular weight excluding hydrogens is 330 g/mol. The molecule has 1 aliphatic heterocycles. The zero-order valence-corrected chi connectivity index (χ0v) is 9.74. The van der Waals surface area contributed by atoms with Crippen LogP contribution in [0.2, 0.25) is 0 Å². The van der Waals surface area contributed by atoms with E-state index in [0.29, 0.717) is 0 Å². The van der Waals surface area contributed by atoms with E-state index < -0.39 is 53.8 Å². The van der Waals surface area contributed by atoms with Crippen LogP contribution in [0.5, 0.6) is 0 Å². The van der Waals surface area contributed by atoms with Crippen LogP contribution in [-0.2, 0) is 0 Å². The fourth-order valence-corrected chi connectivity index (χ4v) is 2.12. The zero-order chi connectivity index (χ0) is 17.1. The maximum atomic E-state index is 13.4. The lowest BCUT2D eigenvalue weighted by molar-refractivity contribution is -0.406. The van der Waals surface area contributed by atoms with E-state index in [1.54, 1.807) is 0 Å². The highest BCUT2D eigenvalue weighted by Gasteiger charge is 2.85. The van der Waals surface area contributed by atoms with Gasteiger partial charge in [-0.3, -0.25) is 0 Å². The molecule has 1 rings (SSSR count). The monoisotopic (exact) mass is 338 g/mol. The Labute approximate surface area is 110 Å². The third-order valence-electron chi connectivity index (χ3n) is 3.29. The summed E-state index contributed by atoms with van der Waals surface area (Å²) in [6, 6.07) is 0. The van der Waals surface area contributed by atoms with Crippen molar-refractivity contribution >= 4 is 0 Å². The number of nitrogens with two attached hydrogens (primary N) is 1. The molecule has 126 valence electrons. The Morgan fingerprint density at radius 2 is 1.19 bits per heavy atom. The second-order valence-corrected chi connectivity index (χ2v) is 4.60. The van der Waals surface area contributed by atoms with Gasteiger partial charge in [0, 0.05) is 6.54 Å². The van der Waals surface area contributed by atoms with Crippen LogP contribution in [0.25, 0.3) is 0 Å². The molecule has 1 heterocycles. The molecule has 1 unspecified atom stereocenters. The van der Waals surface area contributed by atoms with Crippen LogP contribution < -0.4 is 5.73 Å². The number of hydroxylamine groups is 2. The van der Waals surface area contributed by atoms with Gasteiger partial charge in [0.25, 0.3) is 0 Å². The van der Waals surface area contributed by atoms with Crippen LogP contribution in [0.15, 0.2) is 0 Å². The van der Waals surface area contributed by atoms with E-state index in [-0.39, 0.29) is 0 Å². The first-order valence-electron chi connectivity index (χ1n) is 5.11. The van der Waals surface area contributed by atoms with Crippen molar-refractivity contribution < 1.29 is 49.1 Å². The predicted octanol–water partition coefficient (Wildman–Crippen LogP) is 2.75. The summed E-state index contributed by atoms with van der Waals surface area (Å²) in [6.07, 6.45) is -17.7. The lowest BCUT2D eigenvalue weighted by Gasteiger charge is -2.43. The molecule has 0 saturated carbocycles. The summed E-state index contributed by atoms with van der Waals surface area (Å²) in [5, 5.41) is 8.30. The summed E-state index contributed by atoms with van der Waals surface area (Å²) >= 11 is 0. The van der Waals surface area contributed by atoms with E-state index in [1.165, 1.54) is 0 Å². The molecule has 0 amide bonds. The number of hydrogen-bond acceptors (Lipinski definition) is 3. The van der Waals surface area contributed by atoms with Crippen molar-refractivity contribution in [2.24, 2.45) is 11.1 Å². The Bertz CT molecular complexity index is 365. The quantitative estimate of drug-likeness (QED) is 0.762. The SMILES string of the molecule is NC1CC(C(F)(F)C(F)(F)F)(C(F)(F)C(F)(F)F)CN1O. The Balaban J connectivity index is 3.55. The number of halogens is 10. The van der Waals surface area contributed by atoms with Crippen LogP contribution in [0.3, 0.4) is 0 Å². The van der Waals surface area contributed by atoms with Gasteiger partial charge in [-0.1, -0.05) is 0 Å². The molecule has 0 bridgehead atoms. The first kappa shape index (κ1) is 18.2. The Morgan fingerprint density at radius 1 is 0.857 bits per heavy atom. The predicted molar refractivity (Wildman–Crippen MR) is 45.5 cm³/mol. The molecule has 0 aliphatic carbocycles. The highest BCUT2D eigenvalue weighted by molar-refractivity contribution is 5.12. The van der Waals surface area contributed by atoms with Gasteiger partial charge >= 0.3 is 24.2 Å². The van der Waals surface area contributed by atoms with Gasteiger partial charge in [-0.15, -0.1) is 0 Å². The Morgan fingerprint density at radius 3 is 1.38 bits per heavy atom. The largest absolute Gasteiger partial charge is 0.454 e. The Hall–Kier alpha value is -0.820. The van der Waals surface area contributed by atoms with Crippen LogP contribution in [0.4, 0.5) is 43.9 Å². The van der Waals surface area contributed by atoms with Crippen LogP contribution >= 0.6 is 0 Å². The average molecular weight is 338 g/mol. The molecule has 1 aliphatic rings. The van der Waals surface area contributed by atoms with E-state index in [4.69, 9.17) is 10.9 Å². The summed E-state index contributed by atoms with van der Waals surface area (Å²) in [7, 11) is 0. The first-order valence-corrected chi connectivity index (χ1v) is 5.11. The van der Waals surface area contributed by atoms with Crippen LogP contribution in [-0.4, -0.2) is 47.2 Å². The summed E-state index contributed by atoms with van der Waals surface area (Å²) in [5.41, 5.74) is -0.159. The van der Waals surface area contributed by atoms with Crippen molar-refractivity contribution in [3.05, 3.63) is 0 Å². The van der Waals surface area contributed by atoms with Gasteiger partial charge < -0.3 is 10.9 Å². The minimum Gasteiger partial charge on any atom is -0.314 e. The summed E-state index contributed by atoms with van der Waals surface area (Å²) in [6.45, 7) is -2.30. The standard InChI is InChI=1S/C8H8F10N2O/c9-5(10,7(13,14)15)4(1-3(19)20(21)2-4)6(11,12)8(16,17)18/h3,21H,1-2,19H2. The first-order chi connectivity index (χ1) is 9.01. The molecular formula is C8H8F10N2O. The van der Waals surface area contributed by atoms with Gasteiger partial charge in [0.15, 0.2) is 0 Å². The lowest BCUT2D eigenvalue weighted by Crippen LogP contribution is -2.66. The minimum atomic E-state index is -6.69. The fourth-order valence-electron chi connectivity index (χ4n) is 2.12. The zero-order valence-electron chi connectivity index (χ0n) is 9.74. The van der Waals surface area contributed by atoms with Gasteiger partial charge in [0.1, 0.15) is 5.41 Å². The van der Waals surface area contributed by atoms with Gasteiger partial charge in [-0.05, 0) is 6.42 Å². The van der Waals surface area contributed by atoms with Crippen molar-refractivity contribution in [3.8, 4) is 0 Å². The molecule has 0 spiro atoms. The van der Waals surface area contributed by atoms with Crippen molar-refractivity contribution in [2.45, 2.75) is 36.8 Å². The fraction of sp³-hybridized carbons (Fsp3) is 1.00. The smallest absolute Gasteiger partial charge is 0.314 e. The third kappa shape index (κ3) is 2.34.